The topological polar surface area (TPSA) is 21.3 Å². The quantitative estimate of drug-likeness (QED) is 0.818. The highest BCUT2D eigenvalue weighted by molar-refractivity contribution is 7.09. The molecular weight excluding hydrogens is 242 g/mol. The highest BCUT2D eigenvalue weighted by Crippen LogP contribution is 2.14. The van der Waals surface area contributed by atoms with Gasteiger partial charge in [0.2, 0.25) is 0 Å². The molecule has 0 bridgehead atoms. The molecule has 3 heteroatoms. The summed E-state index contributed by atoms with van der Waals surface area (Å²) < 4.78 is 5.62. The minimum absolute atomic E-state index is 0.784. The van der Waals surface area contributed by atoms with E-state index in [1.807, 2.05) is 12.1 Å². The Hall–Kier alpha value is -1.32. The zero-order valence-corrected chi connectivity index (χ0v) is 11.5. The molecule has 0 aliphatic heterocycles. The molecule has 96 valence electrons. The van der Waals surface area contributed by atoms with Gasteiger partial charge in [-0.2, -0.15) is 0 Å². The van der Waals surface area contributed by atoms with Gasteiger partial charge in [-0.1, -0.05) is 25.1 Å². The molecule has 1 heterocycles. The van der Waals surface area contributed by atoms with E-state index < -0.39 is 0 Å². The van der Waals surface area contributed by atoms with Crippen molar-refractivity contribution in [2.45, 2.75) is 26.4 Å². The summed E-state index contributed by atoms with van der Waals surface area (Å²) in [7, 11) is 0. The van der Waals surface area contributed by atoms with E-state index in [9.17, 15) is 0 Å². The highest BCUT2D eigenvalue weighted by atomic mass is 32.1. The predicted octanol–water partition coefficient (Wildman–Crippen LogP) is 3.83. The number of hydrogen-bond acceptors (Lipinski definition) is 3. The number of nitrogens with one attached hydrogen (secondary N) is 1. The van der Waals surface area contributed by atoms with Crippen molar-refractivity contribution in [3.63, 3.8) is 0 Å². The Morgan fingerprint density at radius 3 is 2.89 bits per heavy atom. The number of hydrogen-bond donors (Lipinski definition) is 1. The van der Waals surface area contributed by atoms with Crippen molar-refractivity contribution >= 4 is 11.3 Å². The van der Waals surface area contributed by atoms with Crippen LogP contribution in [0, 0.1) is 0 Å². The summed E-state index contributed by atoms with van der Waals surface area (Å²) in [6.45, 7) is 4.71. The standard InChI is InChI=1S/C15H19NOS/c1-2-8-17-14-6-3-5-13(10-14)11-16-12-15-7-4-9-18-15/h3-7,9-10,16H,2,8,11-12H2,1H3. The van der Waals surface area contributed by atoms with E-state index in [1.165, 1.54) is 10.4 Å². The van der Waals surface area contributed by atoms with Gasteiger partial charge in [0.05, 0.1) is 6.61 Å². The Labute approximate surface area is 113 Å². The van der Waals surface area contributed by atoms with Gasteiger partial charge < -0.3 is 10.1 Å². The minimum atomic E-state index is 0.784. The van der Waals surface area contributed by atoms with E-state index in [4.69, 9.17) is 4.74 Å². The van der Waals surface area contributed by atoms with Crippen molar-refractivity contribution in [2.24, 2.45) is 0 Å². The lowest BCUT2D eigenvalue weighted by Crippen LogP contribution is -2.11. The van der Waals surface area contributed by atoms with E-state index in [-0.39, 0.29) is 0 Å². The first-order chi connectivity index (χ1) is 8.88. The van der Waals surface area contributed by atoms with Gasteiger partial charge in [0.15, 0.2) is 0 Å². The third kappa shape index (κ3) is 4.17. The van der Waals surface area contributed by atoms with Crippen molar-refractivity contribution in [1.82, 2.24) is 5.32 Å². The molecule has 0 amide bonds. The smallest absolute Gasteiger partial charge is 0.119 e. The average molecular weight is 261 g/mol. The molecule has 1 aromatic carbocycles. The van der Waals surface area contributed by atoms with Crippen LogP contribution in [0.15, 0.2) is 41.8 Å². The molecule has 0 unspecified atom stereocenters. The van der Waals surface area contributed by atoms with Crippen molar-refractivity contribution in [1.29, 1.82) is 0 Å². The summed E-state index contributed by atoms with van der Waals surface area (Å²) in [4.78, 5) is 1.37. The lowest BCUT2D eigenvalue weighted by molar-refractivity contribution is 0.317. The monoisotopic (exact) mass is 261 g/mol. The SMILES string of the molecule is CCCOc1cccc(CNCc2cccs2)c1. The van der Waals surface area contributed by atoms with Crippen molar-refractivity contribution in [2.75, 3.05) is 6.61 Å². The zero-order chi connectivity index (χ0) is 12.6. The van der Waals surface area contributed by atoms with Crippen LogP contribution in [-0.4, -0.2) is 6.61 Å². The zero-order valence-electron chi connectivity index (χ0n) is 10.7. The summed E-state index contributed by atoms with van der Waals surface area (Å²) in [5, 5.41) is 5.55. The van der Waals surface area contributed by atoms with Crippen molar-refractivity contribution < 1.29 is 4.74 Å². The maximum atomic E-state index is 5.62. The van der Waals surface area contributed by atoms with E-state index in [2.05, 4.69) is 41.9 Å². The Kier molecular flexibility index (Phi) is 5.24. The van der Waals surface area contributed by atoms with Crippen LogP contribution in [0.1, 0.15) is 23.8 Å². The van der Waals surface area contributed by atoms with Crippen LogP contribution < -0.4 is 10.1 Å². The van der Waals surface area contributed by atoms with E-state index in [1.54, 1.807) is 11.3 Å². The van der Waals surface area contributed by atoms with Gasteiger partial charge in [-0.3, -0.25) is 0 Å². The van der Waals surface area contributed by atoms with Crippen LogP contribution >= 0.6 is 11.3 Å². The molecule has 0 atom stereocenters. The second kappa shape index (κ2) is 7.19. The van der Waals surface area contributed by atoms with Crippen LogP contribution in [0.4, 0.5) is 0 Å². The largest absolute Gasteiger partial charge is 0.494 e. The number of benzene rings is 1. The van der Waals surface area contributed by atoms with Crippen LogP contribution in [0.3, 0.4) is 0 Å². The van der Waals surface area contributed by atoms with E-state index >= 15 is 0 Å². The van der Waals surface area contributed by atoms with Gasteiger partial charge in [0.25, 0.3) is 0 Å². The molecule has 18 heavy (non-hydrogen) atoms. The molecule has 0 fully saturated rings. The first-order valence-electron chi connectivity index (χ1n) is 6.33. The van der Waals surface area contributed by atoms with Gasteiger partial charge in [-0.25, -0.2) is 0 Å². The third-order valence-corrected chi connectivity index (χ3v) is 3.46. The maximum absolute atomic E-state index is 5.62. The third-order valence-electron chi connectivity index (χ3n) is 2.58. The molecule has 0 aliphatic carbocycles. The minimum Gasteiger partial charge on any atom is -0.494 e. The van der Waals surface area contributed by atoms with Crippen molar-refractivity contribution in [3.8, 4) is 5.75 Å². The molecule has 2 rings (SSSR count). The molecule has 1 aromatic heterocycles. The van der Waals surface area contributed by atoms with E-state index in [0.29, 0.717) is 0 Å². The molecule has 0 aliphatic rings. The number of thiophene rings is 1. The Bertz CT molecular complexity index is 453. The van der Waals surface area contributed by atoms with Gasteiger partial charge >= 0.3 is 0 Å². The Morgan fingerprint density at radius 2 is 2.11 bits per heavy atom. The normalized spacial score (nSPS) is 10.5. The van der Waals surface area contributed by atoms with Gasteiger partial charge in [0, 0.05) is 18.0 Å². The van der Waals surface area contributed by atoms with Crippen molar-refractivity contribution in [3.05, 3.63) is 52.2 Å². The van der Waals surface area contributed by atoms with Gasteiger partial charge in [-0.05, 0) is 35.6 Å². The average Bonchev–Trinajstić information content (AvgIpc) is 2.90. The maximum Gasteiger partial charge on any atom is 0.119 e. The fourth-order valence-corrected chi connectivity index (χ4v) is 2.38. The molecule has 1 N–H and O–H groups in total. The Morgan fingerprint density at radius 1 is 1.17 bits per heavy atom. The van der Waals surface area contributed by atoms with Crippen LogP contribution in [0.5, 0.6) is 5.75 Å². The van der Waals surface area contributed by atoms with Crippen LogP contribution in [0.25, 0.3) is 0 Å². The summed E-state index contributed by atoms with van der Waals surface area (Å²) in [6, 6.07) is 12.5. The summed E-state index contributed by atoms with van der Waals surface area (Å²) in [5.74, 6) is 0.965. The molecule has 0 spiro atoms. The fraction of sp³-hybridized carbons (Fsp3) is 0.333. The molecule has 0 saturated heterocycles. The molecule has 0 radical (unpaired) electrons. The first kappa shape index (κ1) is 13.1. The second-order valence-electron chi connectivity index (χ2n) is 4.18. The molecule has 2 aromatic rings. The van der Waals surface area contributed by atoms with Gasteiger partial charge in [-0.15, -0.1) is 11.3 Å². The lowest BCUT2D eigenvalue weighted by atomic mass is 10.2. The van der Waals surface area contributed by atoms with Crippen LogP contribution in [0.2, 0.25) is 0 Å². The second-order valence-corrected chi connectivity index (χ2v) is 5.21. The molecular formula is C15H19NOS. The molecule has 2 nitrogen and oxygen atoms in total. The molecule has 0 saturated carbocycles. The number of ether oxygens (including phenoxy) is 1. The first-order valence-corrected chi connectivity index (χ1v) is 7.21. The fourth-order valence-electron chi connectivity index (χ4n) is 1.71. The highest BCUT2D eigenvalue weighted by Gasteiger charge is 1.98. The van der Waals surface area contributed by atoms with Crippen LogP contribution in [-0.2, 0) is 13.1 Å². The summed E-state index contributed by atoms with van der Waals surface area (Å²) in [6.07, 6.45) is 1.04. The lowest BCUT2D eigenvalue weighted by Gasteiger charge is -2.07. The van der Waals surface area contributed by atoms with Gasteiger partial charge in [0.1, 0.15) is 5.75 Å². The van der Waals surface area contributed by atoms with E-state index in [0.717, 1.165) is 31.9 Å². The summed E-state index contributed by atoms with van der Waals surface area (Å²) >= 11 is 1.79. The predicted molar refractivity (Wildman–Crippen MR) is 77.1 cm³/mol. The Balaban J connectivity index is 1.81. The number of rotatable bonds is 7. The summed E-state index contributed by atoms with van der Waals surface area (Å²) in [5.41, 5.74) is 1.26.